The minimum absolute atomic E-state index is 0.182. The molecule has 0 radical (unpaired) electrons. The largest absolute Gasteiger partial charge is 0.478 e. The normalized spacial score (nSPS) is 16.1. The Kier molecular flexibility index (Phi) is 3.86. The van der Waals surface area contributed by atoms with Gasteiger partial charge >= 0.3 is 5.97 Å². The average molecular weight is 316 g/mol. The van der Waals surface area contributed by atoms with Gasteiger partial charge in [0.15, 0.2) is 0 Å². The standard InChI is InChI=1S/C17H14ClNO3/c18-14-7-2-1-4-13(14)16(20)19-15-9-8-10-11(15)5-3-6-12(10)17(21)22/h1-7,15H,8-9H2,(H,19,20)(H,21,22). The van der Waals surface area contributed by atoms with Gasteiger partial charge in [0.25, 0.3) is 5.91 Å². The van der Waals surface area contributed by atoms with E-state index >= 15 is 0 Å². The Hall–Kier alpha value is -2.33. The van der Waals surface area contributed by atoms with Crippen molar-refractivity contribution in [2.24, 2.45) is 0 Å². The van der Waals surface area contributed by atoms with Crippen LogP contribution in [0.25, 0.3) is 0 Å². The minimum atomic E-state index is -0.935. The summed E-state index contributed by atoms with van der Waals surface area (Å²) in [6.45, 7) is 0. The number of amides is 1. The first kappa shape index (κ1) is 14.6. The molecule has 5 heteroatoms. The van der Waals surface area contributed by atoms with E-state index in [-0.39, 0.29) is 11.9 Å². The maximum absolute atomic E-state index is 12.3. The topological polar surface area (TPSA) is 66.4 Å². The van der Waals surface area contributed by atoms with Gasteiger partial charge in [-0.2, -0.15) is 0 Å². The van der Waals surface area contributed by atoms with Crippen LogP contribution in [0.15, 0.2) is 42.5 Å². The summed E-state index contributed by atoms with van der Waals surface area (Å²) < 4.78 is 0. The molecule has 0 heterocycles. The van der Waals surface area contributed by atoms with Crippen molar-refractivity contribution in [3.05, 3.63) is 69.7 Å². The van der Waals surface area contributed by atoms with Crippen LogP contribution in [0, 0.1) is 0 Å². The second-order valence-corrected chi connectivity index (χ2v) is 5.63. The summed E-state index contributed by atoms with van der Waals surface area (Å²) in [5.41, 5.74) is 2.42. The first-order valence-corrected chi connectivity index (χ1v) is 7.36. The van der Waals surface area contributed by atoms with Crippen LogP contribution in [0.3, 0.4) is 0 Å². The quantitative estimate of drug-likeness (QED) is 0.911. The second kappa shape index (κ2) is 5.81. The molecule has 0 spiro atoms. The van der Waals surface area contributed by atoms with Crippen molar-refractivity contribution in [1.29, 1.82) is 0 Å². The number of fused-ring (bicyclic) bond motifs is 1. The number of carboxylic acid groups (broad SMARTS) is 1. The summed E-state index contributed by atoms with van der Waals surface area (Å²) in [4.78, 5) is 23.6. The van der Waals surface area contributed by atoms with Crippen LogP contribution in [0.4, 0.5) is 0 Å². The highest BCUT2D eigenvalue weighted by atomic mass is 35.5. The maximum Gasteiger partial charge on any atom is 0.335 e. The Labute approximate surface area is 132 Å². The van der Waals surface area contributed by atoms with Gasteiger partial charge in [-0.05, 0) is 42.2 Å². The Balaban J connectivity index is 1.86. The van der Waals surface area contributed by atoms with E-state index in [1.54, 1.807) is 36.4 Å². The predicted octanol–water partition coefficient (Wildman–Crippen LogP) is 3.46. The molecule has 0 saturated carbocycles. The van der Waals surface area contributed by atoms with E-state index in [0.29, 0.717) is 29.0 Å². The van der Waals surface area contributed by atoms with Gasteiger partial charge in [0.1, 0.15) is 0 Å². The maximum atomic E-state index is 12.3. The van der Waals surface area contributed by atoms with Gasteiger partial charge in [-0.25, -0.2) is 4.79 Å². The van der Waals surface area contributed by atoms with Crippen molar-refractivity contribution in [1.82, 2.24) is 5.32 Å². The van der Waals surface area contributed by atoms with E-state index in [9.17, 15) is 14.7 Å². The third-order valence-electron chi connectivity index (χ3n) is 3.92. The van der Waals surface area contributed by atoms with Crippen LogP contribution < -0.4 is 5.32 Å². The highest BCUT2D eigenvalue weighted by Crippen LogP contribution is 2.33. The van der Waals surface area contributed by atoms with Crippen molar-refractivity contribution >= 4 is 23.5 Å². The third kappa shape index (κ3) is 2.57. The van der Waals surface area contributed by atoms with Crippen molar-refractivity contribution in [2.75, 3.05) is 0 Å². The number of rotatable bonds is 3. The SMILES string of the molecule is O=C(NC1CCc2c(C(=O)O)cccc21)c1ccccc1Cl. The number of aromatic carboxylic acids is 1. The summed E-state index contributed by atoms with van der Waals surface area (Å²) in [6, 6.07) is 11.9. The van der Waals surface area contributed by atoms with Gasteiger partial charge in [0.2, 0.25) is 0 Å². The van der Waals surface area contributed by atoms with Crippen LogP contribution in [0.1, 0.15) is 44.3 Å². The molecule has 1 atom stereocenters. The molecule has 112 valence electrons. The number of hydrogen-bond acceptors (Lipinski definition) is 2. The molecule has 1 unspecified atom stereocenters. The fourth-order valence-electron chi connectivity index (χ4n) is 2.89. The first-order chi connectivity index (χ1) is 10.6. The molecule has 1 aliphatic rings. The van der Waals surface area contributed by atoms with Crippen LogP contribution in [-0.2, 0) is 6.42 Å². The Morgan fingerprint density at radius 3 is 2.55 bits per heavy atom. The van der Waals surface area contributed by atoms with E-state index in [2.05, 4.69) is 5.32 Å². The minimum Gasteiger partial charge on any atom is -0.478 e. The van der Waals surface area contributed by atoms with Gasteiger partial charge in [-0.3, -0.25) is 4.79 Å². The van der Waals surface area contributed by atoms with Crippen LogP contribution in [0.2, 0.25) is 5.02 Å². The molecule has 0 aliphatic heterocycles. The van der Waals surface area contributed by atoms with E-state index < -0.39 is 5.97 Å². The third-order valence-corrected chi connectivity index (χ3v) is 4.25. The Morgan fingerprint density at radius 2 is 1.82 bits per heavy atom. The van der Waals surface area contributed by atoms with E-state index in [1.807, 2.05) is 6.07 Å². The smallest absolute Gasteiger partial charge is 0.335 e. The lowest BCUT2D eigenvalue weighted by Gasteiger charge is -2.15. The molecule has 0 fully saturated rings. The molecule has 0 bridgehead atoms. The van der Waals surface area contributed by atoms with Crippen molar-refractivity contribution in [3.63, 3.8) is 0 Å². The molecule has 0 aromatic heterocycles. The summed E-state index contributed by atoms with van der Waals surface area (Å²) in [5.74, 6) is -1.18. The van der Waals surface area contributed by atoms with Crippen LogP contribution in [0.5, 0.6) is 0 Å². The number of halogens is 1. The molecule has 4 nitrogen and oxygen atoms in total. The zero-order chi connectivity index (χ0) is 15.7. The average Bonchev–Trinajstić information content (AvgIpc) is 2.90. The number of hydrogen-bond donors (Lipinski definition) is 2. The lowest BCUT2D eigenvalue weighted by Crippen LogP contribution is -2.27. The lowest BCUT2D eigenvalue weighted by atomic mass is 10.0. The van der Waals surface area contributed by atoms with Crippen molar-refractivity contribution in [3.8, 4) is 0 Å². The second-order valence-electron chi connectivity index (χ2n) is 5.22. The fraction of sp³-hybridized carbons (Fsp3) is 0.176. The van der Waals surface area contributed by atoms with Crippen molar-refractivity contribution in [2.45, 2.75) is 18.9 Å². The number of benzene rings is 2. The molecule has 2 aromatic carbocycles. The summed E-state index contributed by atoms with van der Waals surface area (Å²) in [5, 5.41) is 12.6. The number of nitrogens with one attached hydrogen (secondary N) is 1. The van der Waals surface area contributed by atoms with Crippen LogP contribution in [-0.4, -0.2) is 17.0 Å². The molecule has 2 N–H and O–H groups in total. The van der Waals surface area contributed by atoms with E-state index in [4.69, 9.17) is 11.6 Å². The molecule has 22 heavy (non-hydrogen) atoms. The fourth-order valence-corrected chi connectivity index (χ4v) is 3.11. The van der Waals surface area contributed by atoms with Gasteiger partial charge in [-0.1, -0.05) is 35.9 Å². The highest BCUT2D eigenvalue weighted by molar-refractivity contribution is 6.33. The first-order valence-electron chi connectivity index (χ1n) is 6.98. The highest BCUT2D eigenvalue weighted by Gasteiger charge is 2.28. The number of carbonyl (C=O) groups is 2. The predicted molar refractivity (Wildman–Crippen MR) is 83.4 cm³/mol. The monoisotopic (exact) mass is 315 g/mol. The Morgan fingerprint density at radius 1 is 1.09 bits per heavy atom. The molecular weight excluding hydrogens is 302 g/mol. The lowest BCUT2D eigenvalue weighted by molar-refractivity contribution is 0.0695. The van der Waals surface area contributed by atoms with Crippen molar-refractivity contribution < 1.29 is 14.7 Å². The molecule has 0 saturated heterocycles. The molecule has 1 amide bonds. The molecular formula is C17H14ClNO3. The van der Waals surface area contributed by atoms with Gasteiger partial charge in [0, 0.05) is 0 Å². The van der Waals surface area contributed by atoms with Gasteiger partial charge in [-0.15, -0.1) is 0 Å². The zero-order valence-electron chi connectivity index (χ0n) is 11.7. The van der Waals surface area contributed by atoms with Crippen LogP contribution >= 0.6 is 11.6 Å². The summed E-state index contributed by atoms with van der Waals surface area (Å²) >= 11 is 6.03. The number of carbonyl (C=O) groups excluding carboxylic acids is 1. The van der Waals surface area contributed by atoms with E-state index in [1.165, 1.54) is 0 Å². The Bertz CT molecular complexity index is 757. The van der Waals surface area contributed by atoms with Gasteiger partial charge < -0.3 is 10.4 Å². The molecule has 1 aliphatic carbocycles. The zero-order valence-corrected chi connectivity index (χ0v) is 12.4. The summed E-state index contributed by atoms with van der Waals surface area (Å²) in [6.07, 6.45) is 1.33. The number of carboxylic acids is 1. The molecule has 2 aromatic rings. The summed E-state index contributed by atoms with van der Waals surface area (Å²) in [7, 11) is 0. The van der Waals surface area contributed by atoms with E-state index in [0.717, 1.165) is 11.1 Å². The molecule has 3 rings (SSSR count). The van der Waals surface area contributed by atoms with Gasteiger partial charge in [0.05, 0.1) is 22.2 Å².